The molecule has 0 atom stereocenters. The molecule has 0 amide bonds. The van der Waals surface area contributed by atoms with Crippen molar-refractivity contribution in [3.8, 4) is 0 Å². The zero-order valence-corrected chi connectivity index (χ0v) is 17.7. The molecule has 8 heteroatoms. The number of halogens is 2. The maximum Gasteiger partial charge on any atom is 0.327 e. The van der Waals surface area contributed by atoms with Gasteiger partial charge in [-0.3, -0.25) is 4.79 Å². The van der Waals surface area contributed by atoms with E-state index in [9.17, 15) is 13.2 Å². The maximum absolute atomic E-state index is 12.7. The molecule has 5 nitrogen and oxygen atoms in total. The van der Waals surface area contributed by atoms with Crippen molar-refractivity contribution in [3.05, 3.63) is 63.6 Å². The van der Waals surface area contributed by atoms with Gasteiger partial charge < -0.3 is 10.1 Å². The van der Waals surface area contributed by atoms with Gasteiger partial charge in [0.1, 0.15) is 5.54 Å². The number of sulfone groups is 1. The lowest BCUT2D eigenvalue weighted by Crippen LogP contribution is -2.55. The highest BCUT2D eigenvalue weighted by Crippen LogP contribution is 2.31. The topological polar surface area (TPSA) is 72.5 Å². The van der Waals surface area contributed by atoms with Crippen LogP contribution in [0.1, 0.15) is 18.1 Å². The lowest BCUT2D eigenvalue weighted by Gasteiger charge is -2.28. The largest absolute Gasteiger partial charge is 0.465 e. The van der Waals surface area contributed by atoms with E-state index >= 15 is 0 Å². The summed E-state index contributed by atoms with van der Waals surface area (Å²) < 4.78 is 30.7. The highest BCUT2D eigenvalue weighted by atomic mass is 35.5. The van der Waals surface area contributed by atoms with Crippen molar-refractivity contribution in [1.29, 1.82) is 0 Å². The second-order valence-electron chi connectivity index (χ2n) is 6.75. The zero-order valence-electron chi connectivity index (χ0n) is 15.4. The van der Waals surface area contributed by atoms with E-state index in [0.29, 0.717) is 17.9 Å². The molecule has 0 unspecified atom stereocenters. The van der Waals surface area contributed by atoms with Crippen molar-refractivity contribution in [2.75, 3.05) is 18.9 Å². The molecule has 0 radical (unpaired) electrons. The Kier molecular flexibility index (Phi) is 6.34. The van der Waals surface area contributed by atoms with Crippen LogP contribution >= 0.6 is 23.2 Å². The van der Waals surface area contributed by atoms with Gasteiger partial charge in [0.2, 0.25) is 0 Å². The minimum Gasteiger partial charge on any atom is -0.465 e. The molecule has 0 aliphatic heterocycles. The molecule has 28 heavy (non-hydrogen) atoms. The van der Waals surface area contributed by atoms with Crippen molar-refractivity contribution >= 4 is 39.0 Å². The molecule has 1 aliphatic rings. The number of esters is 1. The first-order chi connectivity index (χ1) is 13.3. The Bertz CT molecular complexity index is 966. The van der Waals surface area contributed by atoms with Crippen LogP contribution in [-0.2, 0) is 32.2 Å². The van der Waals surface area contributed by atoms with Crippen LogP contribution in [0, 0.1) is 0 Å². The summed E-state index contributed by atoms with van der Waals surface area (Å²) in [5.74, 6) is -0.589. The van der Waals surface area contributed by atoms with Gasteiger partial charge in [-0.2, -0.15) is 0 Å². The third-order valence-corrected chi connectivity index (χ3v) is 7.26. The van der Waals surface area contributed by atoms with Crippen molar-refractivity contribution in [2.24, 2.45) is 0 Å². The van der Waals surface area contributed by atoms with Crippen LogP contribution in [0.25, 0.3) is 0 Å². The number of hydrogen-bond donors (Lipinski definition) is 1. The average Bonchev–Trinajstić information content (AvgIpc) is 3.03. The van der Waals surface area contributed by atoms with E-state index in [0.717, 1.165) is 11.1 Å². The van der Waals surface area contributed by atoms with E-state index in [-0.39, 0.29) is 34.8 Å². The van der Waals surface area contributed by atoms with E-state index < -0.39 is 15.4 Å². The summed E-state index contributed by atoms with van der Waals surface area (Å²) in [4.78, 5) is 12.7. The van der Waals surface area contributed by atoms with Gasteiger partial charge in [-0.05, 0) is 36.2 Å². The molecule has 0 aromatic heterocycles. The summed E-state index contributed by atoms with van der Waals surface area (Å²) in [6, 6.07) is 12.1. The lowest BCUT2D eigenvalue weighted by molar-refractivity contribution is -0.150. The Morgan fingerprint density at radius 2 is 1.79 bits per heavy atom. The Morgan fingerprint density at radius 3 is 2.39 bits per heavy atom. The van der Waals surface area contributed by atoms with E-state index in [1.165, 1.54) is 18.2 Å². The van der Waals surface area contributed by atoms with Crippen molar-refractivity contribution in [3.63, 3.8) is 0 Å². The molecular formula is C20H21Cl2NO4S. The van der Waals surface area contributed by atoms with Gasteiger partial charge in [0.15, 0.2) is 9.84 Å². The van der Waals surface area contributed by atoms with Crippen molar-refractivity contribution in [1.82, 2.24) is 5.32 Å². The molecule has 0 spiro atoms. The van der Waals surface area contributed by atoms with E-state index in [1.807, 2.05) is 24.3 Å². The Balaban J connectivity index is 1.76. The van der Waals surface area contributed by atoms with Crippen LogP contribution in [0.3, 0.4) is 0 Å². The summed E-state index contributed by atoms with van der Waals surface area (Å²) in [6.07, 6.45) is 0.917. The van der Waals surface area contributed by atoms with Gasteiger partial charge in [-0.15, -0.1) is 0 Å². The summed E-state index contributed by atoms with van der Waals surface area (Å²) in [6.45, 7) is 2.09. The van der Waals surface area contributed by atoms with E-state index in [4.69, 9.17) is 27.9 Å². The van der Waals surface area contributed by atoms with Gasteiger partial charge in [-0.25, -0.2) is 8.42 Å². The second-order valence-corrected chi connectivity index (χ2v) is 9.67. The van der Waals surface area contributed by atoms with Crippen LogP contribution in [0.4, 0.5) is 0 Å². The van der Waals surface area contributed by atoms with Crippen LogP contribution < -0.4 is 5.32 Å². The molecule has 150 valence electrons. The highest BCUT2D eigenvalue weighted by Gasteiger charge is 2.44. The second kappa shape index (κ2) is 8.41. The third-order valence-electron chi connectivity index (χ3n) is 4.83. The van der Waals surface area contributed by atoms with Gasteiger partial charge in [0.05, 0.1) is 22.3 Å². The molecule has 1 N–H and O–H groups in total. The van der Waals surface area contributed by atoms with Crippen LogP contribution in [-0.4, -0.2) is 38.8 Å². The molecular weight excluding hydrogens is 421 g/mol. The van der Waals surface area contributed by atoms with Gasteiger partial charge in [-0.1, -0.05) is 47.5 Å². The van der Waals surface area contributed by atoms with Crippen LogP contribution in [0.2, 0.25) is 10.0 Å². The summed E-state index contributed by atoms with van der Waals surface area (Å²) in [5, 5.41) is 3.58. The fraction of sp³-hybridized carbons (Fsp3) is 0.350. The first-order valence-corrected chi connectivity index (χ1v) is 11.3. The molecule has 2 aromatic rings. The quantitative estimate of drug-likeness (QED) is 0.665. The zero-order chi connectivity index (χ0) is 20.4. The fourth-order valence-corrected chi connectivity index (χ4v) is 5.45. The van der Waals surface area contributed by atoms with Gasteiger partial charge in [0, 0.05) is 24.4 Å². The van der Waals surface area contributed by atoms with E-state index in [2.05, 4.69) is 5.32 Å². The number of carbonyl (C=O) groups is 1. The summed E-state index contributed by atoms with van der Waals surface area (Å²) in [5.41, 5.74) is 1.15. The maximum atomic E-state index is 12.7. The molecule has 0 heterocycles. The standard InChI is InChI=1S/C20H21Cl2NO4S/c1-2-27-19(24)20(12-14-5-3-4-6-15(14)13-20)23-9-10-28(25,26)18-11-16(21)7-8-17(18)22/h3-8,11,23H,2,9-10,12-13H2,1H3. The third kappa shape index (κ3) is 4.35. The number of carbonyl (C=O) groups excluding carboxylic acids is 1. The minimum atomic E-state index is -3.67. The predicted octanol–water partition coefficient (Wildman–Crippen LogP) is 3.46. The normalized spacial score (nSPS) is 15.2. The summed E-state index contributed by atoms with van der Waals surface area (Å²) in [7, 11) is -3.67. The number of nitrogens with one attached hydrogen (secondary N) is 1. The van der Waals surface area contributed by atoms with Crippen molar-refractivity contribution in [2.45, 2.75) is 30.2 Å². The van der Waals surface area contributed by atoms with Gasteiger partial charge in [0.25, 0.3) is 0 Å². The Labute approximate surface area is 174 Å². The Morgan fingerprint density at radius 1 is 1.14 bits per heavy atom. The summed E-state index contributed by atoms with van der Waals surface area (Å²) >= 11 is 11.9. The predicted molar refractivity (Wildman–Crippen MR) is 110 cm³/mol. The average molecular weight is 442 g/mol. The van der Waals surface area contributed by atoms with Gasteiger partial charge >= 0.3 is 5.97 Å². The van der Waals surface area contributed by atoms with Crippen LogP contribution in [0.5, 0.6) is 0 Å². The molecule has 0 fully saturated rings. The number of rotatable bonds is 7. The molecule has 3 rings (SSSR count). The first kappa shape index (κ1) is 21.1. The number of hydrogen-bond acceptors (Lipinski definition) is 5. The number of fused-ring (bicyclic) bond motifs is 1. The SMILES string of the molecule is CCOC(=O)C1(NCCS(=O)(=O)c2cc(Cl)ccc2Cl)Cc2ccccc2C1. The number of ether oxygens (including phenoxy) is 1. The van der Waals surface area contributed by atoms with E-state index in [1.54, 1.807) is 6.92 Å². The molecule has 0 bridgehead atoms. The lowest BCUT2D eigenvalue weighted by atomic mass is 9.95. The monoisotopic (exact) mass is 441 g/mol. The smallest absolute Gasteiger partial charge is 0.327 e. The number of benzene rings is 2. The molecule has 1 aliphatic carbocycles. The molecule has 0 saturated carbocycles. The molecule has 2 aromatic carbocycles. The minimum absolute atomic E-state index is 0.0108. The van der Waals surface area contributed by atoms with Crippen molar-refractivity contribution < 1.29 is 17.9 Å². The van der Waals surface area contributed by atoms with Crippen LogP contribution in [0.15, 0.2) is 47.4 Å². The highest BCUT2D eigenvalue weighted by molar-refractivity contribution is 7.91. The fourth-order valence-electron chi connectivity index (χ4n) is 3.48. The molecule has 0 saturated heterocycles. The Hall–Kier alpha value is -1.60. The first-order valence-electron chi connectivity index (χ1n) is 8.94.